The van der Waals surface area contributed by atoms with E-state index in [1.54, 1.807) is 0 Å². The Balaban J connectivity index is 2.61. The van der Waals surface area contributed by atoms with Crippen molar-refractivity contribution in [3.8, 4) is 5.75 Å². The molecular formula is C9H7BrN4OS. The molecule has 0 aliphatic heterocycles. The van der Waals surface area contributed by atoms with Crippen LogP contribution in [0, 0.1) is 0 Å². The van der Waals surface area contributed by atoms with Crippen LogP contribution in [-0.2, 0) is 0 Å². The average molecular weight is 299 g/mol. The van der Waals surface area contributed by atoms with Crippen LogP contribution in [0.4, 0.5) is 5.82 Å². The number of thiocarbonyl (C=S) groups is 1. The molecule has 1 aromatic carbocycles. The van der Waals surface area contributed by atoms with E-state index in [2.05, 4.69) is 43.4 Å². The number of nitrogens with two attached hydrogens (primary N) is 1. The second-order valence-corrected chi connectivity index (χ2v) is 4.30. The summed E-state index contributed by atoms with van der Waals surface area (Å²) < 4.78 is 0.774. The van der Waals surface area contributed by atoms with Gasteiger partial charge in [0.25, 0.3) is 0 Å². The first-order valence-corrected chi connectivity index (χ1v) is 5.50. The Morgan fingerprint density at radius 2 is 2.25 bits per heavy atom. The van der Waals surface area contributed by atoms with Crippen molar-refractivity contribution in [3.63, 3.8) is 0 Å². The van der Waals surface area contributed by atoms with Gasteiger partial charge < -0.3 is 15.8 Å². The predicted octanol–water partition coefficient (Wildman–Crippen LogP) is 2.96. The number of halogens is 1. The number of hydrogen-bond acceptors (Lipinski definition) is 3. The van der Waals surface area contributed by atoms with Crippen molar-refractivity contribution in [1.82, 2.24) is 4.98 Å². The lowest BCUT2D eigenvalue weighted by Gasteiger charge is -1.93. The standard InChI is InChI=1S/C9H7BrN4OS/c10-4-2-1-3-5-6(4)7(15)8(12-5)13-14-9(11)16/h1-3,12,15H,(H2,11,16). The van der Waals surface area contributed by atoms with Gasteiger partial charge in [0.2, 0.25) is 5.11 Å². The minimum atomic E-state index is -0.0860. The lowest BCUT2D eigenvalue weighted by molar-refractivity contribution is 0.482. The number of fused-ring (bicyclic) bond motifs is 1. The third-order valence-electron chi connectivity index (χ3n) is 1.98. The number of benzene rings is 1. The number of hydrogen-bond donors (Lipinski definition) is 3. The fourth-order valence-corrected chi connectivity index (χ4v) is 1.94. The third kappa shape index (κ3) is 1.91. The van der Waals surface area contributed by atoms with Crippen LogP contribution in [-0.4, -0.2) is 15.2 Å². The Labute approximate surface area is 104 Å². The molecule has 7 heteroatoms. The number of nitrogens with zero attached hydrogens (tertiary/aromatic N) is 2. The van der Waals surface area contributed by atoms with Gasteiger partial charge in [0.15, 0.2) is 11.6 Å². The second kappa shape index (κ2) is 4.18. The van der Waals surface area contributed by atoms with Gasteiger partial charge in [-0.1, -0.05) is 6.07 Å². The SMILES string of the molecule is NC(=S)N=Nc1[nH]c2cccc(Br)c2c1O. The summed E-state index contributed by atoms with van der Waals surface area (Å²) in [6.45, 7) is 0. The van der Waals surface area contributed by atoms with Crippen LogP contribution in [0.25, 0.3) is 10.9 Å². The molecule has 0 aliphatic carbocycles. The molecule has 0 saturated carbocycles. The van der Waals surface area contributed by atoms with Crippen LogP contribution in [0.2, 0.25) is 0 Å². The van der Waals surface area contributed by atoms with Gasteiger partial charge in [-0.2, -0.15) is 0 Å². The largest absolute Gasteiger partial charge is 0.504 e. The summed E-state index contributed by atoms with van der Waals surface area (Å²) in [7, 11) is 0. The van der Waals surface area contributed by atoms with E-state index >= 15 is 0 Å². The van der Waals surface area contributed by atoms with E-state index in [0.29, 0.717) is 5.39 Å². The lowest BCUT2D eigenvalue weighted by Crippen LogP contribution is -2.01. The fraction of sp³-hybridized carbons (Fsp3) is 0. The van der Waals surface area contributed by atoms with Crippen molar-refractivity contribution < 1.29 is 5.11 Å². The second-order valence-electron chi connectivity index (χ2n) is 3.02. The predicted molar refractivity (Wildman–Crippen MR) is 69.0 cm³/mol. The number of rotatable bonds is 1. The number of aromatic amines is 1. The molecule has 0 unspecified atom stereocenters. The van der Waals surface area contributed by atoms with E-state index in [0.717, 1.165) is 9.99 Å². The molecule has 0 amide bonds. The maximum Gasteiger partial charge on any atom is 0.211 e. The van der Waals surface area contributed by atoms with E-state index in [1.165, 1.54) is 0 Å². The van der Waals surface area contributed by atoms with E-state index in [9.17, 15) is 5.11 Å². The van der Waals surface area contributed by atoms with Gasteiger partial charge in [-0.05, 0) is 40.3 Å². The van der Waals surface area contributed by atoms with Crippen LogP contribution in [0.1, 0.15) is 0 Å². The van der Waals surface area contributed by atoms with Gasteiger partial charge in [-0.3, -0.25) is 0 Å². The van der Waals surface area contributed by atoms with Gasteiger partial charge in [0.05, 0.1) is 10.9 Å². The molecule has 0 spiro atoms. The molecule has 2 rings (SSSR count). The van der Waals surface area contributed by atoms with Gasteiger partial charge in [0, 0.05) is 4.47 Å². The zero-order valence-corrected chi connectivity index (χ0v) is 10.3. The topological polar surface area (TPSA) is 86.8 Å². The smallest absolute Gasteiger partial charge is 0.211 e. The summed E-state index contributed by atoms with van der Waals surface area (Å²) >= 11 is 7.90. The highest BCUT2D eigenvalue weighted by atomic mass is 79.9. The molecule has 5 nitrogen and oxygen atoms in total. The molecule has 16 heavy (non-hydrogen) atoms. The van der Waals surface area contributed by atoms with Crippen molar-refractivity contribution in [2.75, 3.05) is 0 Å². The van der Waals surface area contributed by atoms with Crippen LogP contribution >= 0.6 is 28.1 Å². The molecule has 0 atom stereocenters. The van der Waals surface area contributed by atoms with Gasteiger partial charge in [-0.15, -0.1) is 10.2 Å². The number of nitrogens with one attached hydrogen (secondary N) is 1. The lowest BCUT2D eigenvalue weighted by atomic mass is 10.2. The Morgan fingerprint density at radius 1 is 1.50 bits per heavy atom. The minimum Gasteiger partial charge on any atom is -0.504 e. The van der Waals surface area contributed by atoms with Crippen LogP contribution in [0.15, 0.2) is 32.9 Å². The molecule has 0 aliphatic rings. The van der Waals surface area contributed by atoms with Gasteiger partial charge >= 0.3 is 0 Å². The summed E-state index contributed by atoms with van der Waals surface area (Å²) in [5, 5.41) is 17.7. The van der Waals surface area contributed by atoms with Crippen LogP contribution in [0.5, 0.6) is 5.75 Å². The maximum absolute atomic E-state index is 9.88. The number of aromatic hydroxyl groups is 1. The summed E-state index contributed by atoms with van der Waals surface area (Å²) in [6, 6.07) is 5.49. The highest BCUT2D eigenvalue weighted by molar-refractivity contribution is 9.10. The summed E-state index contributed by atoms with van der Waals surface area (Å²) in [5.41, 5.74) is 5.93. The van der Waals surface area contributed by atoms with Gasteiger partial charge in [-0.25, -0.2) is 0 Å². The zero-order valence-electron chi connectivity index (χ0n) is 7.94. The van der Waals surface area contributed by atoms with Crippen molar-refractivity contribution in [2.24, 2.45) is 16.0 Å². The highest BCUT2D eigenvalue weighted by Gasteiger charge is 2.12. The van der Waals surface area contributed by atoms with Crippen molar-refractivity contribution in [3.05, 3.63) is 22.7 Å². The number of azo groups is 1. The highest BCUT2D eigenvalue weighted by Crippen LogP contribution is 2.38. The first kappa shape index (κ1) is 11.0. The molecule has 0 fully saturated rings. The van der Waals surface area contributed by atoms with Gasteiger partial charge in [0.1, 0.15) is 0 Å². The van der Waals surface area contributed by atoms with Crippen molar-refractivity contribution in [1.29, 1.82) is 0 Å². The summed E-state index contributed by atoms with van der Waals surface area (Å²) in [4.78, 5) is 2.90. The summed E-state index contributed by atoms with van der Waals surface area (Å²) in [6.07, 6.45) is 0. The quantitative estimate of drug-likeness (QED) is 0.559. The Hall–Kier alpha value is -1.47. The minimum absolute atomic E-state index is 0.0162. The molecule has 2 aromatic rings. The summed E-state index contributed by atoms with van der Waals surface area (Å²) in [5.74, 6) is 0.247. The molecular weight excluding hydrogens is 292 g/mol. The Morgan fingerprint density at radius 3 is 2.88 bits per heavy atom. The molecule has 0 saturated heterocycles. The molecule has 1 heterocycles. The first-order valence-electron chi connectivity index (χ1n) is 4.30. The van der Waals surface area contributed by atoms with Crippen molar-refractivity contribution in [2.45, 2.75) is 0 Å². The van der Waals surface area contributed by atoms with E-state index in [-0.39, 0.29) is 16.7 Å². The Kier molecular flexibility index (Phi) is 2.88. The fourth-order valence-electron chi connectivity index (χ4n) is 1.35. The monoisotopic (exact) mass is 298 g/mol. The number of H-pyrrole nitrogens is 1. The maximum atomic E-state index is 9.88. The van der Waals surface area contributed by atoms with Crippen LogP contribution < -0.4 is 5.73 Å². The molecule has 0 bridgehead atoms. The molecule has 0 radical (unpaired) electrons. The third-order valence-corrected chi connectivity index (χ3v) is 2.72. The average Bonchev–Trinajstić information content (AvgIpc) is 2.54. The zero-order chi connectivity index (χ0) is 11.7. The molecule has 82 valence electrons. The van der Waals surface area contributed by atoms with E-state index in [4.69, 9.17) is 5.73 Å². The normalized spacial score (nSPS) is 11.3. The molecule has 4 N–H and O–H groups in total. The van der Waals surface area contributed by atoms with E-state index < -0.39 is 0 Å². The number of aromatic nitrogens is 1. The first-order chi connectivity index (χ1) is 7.59. The Bertz CT molecular complexity index is 592. The molecule has 1 aromatic heterocycles. The van der Waals surface area contributed by atoms with Crippen LogP contribution in [0.3, 0.4) is 0 Å². The van der Waals surface area contributed by atoms with E-state index in [1.807, 2.05) is 18.2 Å². The van der Waals surface area contributed by atoms with Crippen molar-refractivity contribution >= 4 is 50.0 Å².